The van der Waals surface area contributed by atoms with E-state index in [9.17, 15) is 27.6 Å². The van der Waals surface area contributed by atoms with Gasteiger partial charge in [0, 0.05) is 30.6 Å². The lowest BCUT2D eigenvalue weighted by atomic mass is 9.85. The zero-order valence-electron chi connectivity index (χ0n) is 26.9. The van der Waals surface area contributed by atoms with Crippen LogP contribution >= 0.6 is 11.3 Å². The van der Waals surface area contributed by atoms with Crippen molar-refractivity contribution in [2.45, 2.75) is 69.3 Å². The highest BCUT2D eigenvalue weighted by Gasteiger charge is 2.62. The van der Waals surface area contributed by atoms with Gasteiger partial charge in [-0.15, -0.1) is 17.9 Å². The van der Waals surface area contributed by atoms with Crippen molar-refractivity contribution in [2.24, 2.45) is 17.3 Å². The average Bonchev–Trinajstić information content (AvgIpc) is 3.89. The Morgan fingerprint density at radius 2 is 1.98 bits per heavy atom. The molecule has 3 heterocycles. The van der Waals surface area contributed by atoms with Gasteiger partial charge >= 0.3 is 6.09 Å². The molecule has 2 aromatic rings. The summed E-state index contributed by atoms with van der Waals surface area (Å²) in [6, 6.07) is 5.37. The maximum absolute atomic E-state index is 14.1. The first-order chi connectivity index (χ1) is 22.2. The summed E-state index contributed by atoms with van der Waals surface area (Å²) in [5.74, 6) is -2.13. The number of thiophene rings is 1. The number of rotatable bonds is 12. The number of sulfonamides is 1. The zero-order valence-corrected chi connectivity index (χ0v) is 28.5. The molecule has 47 heavy (non-hydrogen) atoms. The summed E-state index contributed by atoms with van der Waals surface area (Å²) >= 11 is 1.55. The van der Waals surface area contributed by atoms with E-state index in [0.717, 1.165) is 10.6 Å². The van der Waals surface area contributed by atoms with E-state index in [-0.39, 0.29) is 31.9 Å². The Morgan fingerprint density at radius 1 is 1.23 bits per heavy atom. The fourth-order valence-corrected chi connectivity index (χ4v) is 7.88. The van der Waals surface area contributed by atoms with Crippen LogP contribution in [0.25, 0.3) is 10.6 Å². The highest BCUT2D eigenvalue weighted by atomic mass is 32.2. The molecule has 3 N–H and O–H groups in total. The van der Waals surface area contributed by atoms with Crippen molar-refractivity contribution in [3.05, 3.63) is 48.5 Å². The molecule has 15 heteroatoms. The first kappa shape index (κ1) is 34.4. The molecule has 1 unspecified atom stereocenters. The second-order valence-corrected chi connectivity index (χ2v) is 16.3. The Bertz CT molecular complexity index is 1640. The molecule has 3 fully saturated rings. The highest BCUT2D eigenvalue weighted by Crippen LogP contribution is 2.45. The van der Waals surface area contributed by atoms with E-state index in [1.165, 1.54) is 18.1 Å². The van der Waals surface area contributed by atoms with Gasteiger partial charge in [0.05, 0.1) is 29.5 Å². The lowest BCUT2D eigenvalue weighted by molar-refractivity contribution is -0.142. The fraction of sp³-hybridized carbons (Fsp3) is 0.531. The summed E-state index contributed by atoms with van der Waals surface area (Å²) in [5.41, 5.74) is -1.50. The van der Waals surface area contributed by atoms with E-state index in [1.54, 1.807) is 44.4 Å². The summed E-state index contributed by atoms with van der Waals surface area (Å²) in [5, 5.41) is 6.72. The minimum atomic E-state index is -3.86. The van der Waals surface area contributed by atoms with Crippen LogP contribution in [0.1, 0.15) is 46.5 Å². The van der Waals surface area contributed by atoms with Crippen molar-refractivity contribution in [1.82, 2.24) is 25.2 Å². The van der Waals surface area contributed by atoms with Crippen molar-refractivity contribution in [2.75, 3.05) is 20.3 Å². The van der Waals surface area contributed by atoms with Gasteiger partial charge in [-0.05, 0) is 48.6 Å². The summed E-state index contributed by atoms with van der Waals surface area (Å²) in [7, 11) is -2.67. The van der Waals surface area contributed by atoms with Crippen LogP contribution in [-0.2, 0) is 29.1 Å². The number of amides is 4. The molecule has 4 amide bonds. The maximum atomic E-state index is 14.1. The summed E-state index contributed by atoms with van der Waals surface area (Å²) in [6.45, 7) is 9.40. The first-order valence-corrected chi connectivity index (χ1v) is 17.9. The van der Waals surface area contributed by atoms with Gasteiger partial charge in [-0.3, -0.25) is 24.1 Å². The minimum absolute atomic E-state index is 0.134. The Labute approximate surface area is 278 Å². The second-order valence-electron chi connectivity index (χ2n) is 13.4. The number of aromatic nitrogens is 1. The molecule has 2 aliphatic carbocycles. The lowest BCUT2D eigenvalue weighted by Gasteiger charge is -2.35. The standard InChI is InChI=1S/C32H41N5O8S2/c1-6-20-16-32(20,29(40)36-47(42,43)22-9-10-22)35-27(38)24-14-19(17-37(24)28(39)26(31(2,3)4)34-30(41)44-5)18-45-21-11-12-33-23(15-21)25-8-7-13-46-25/h6-8,11-13,15,19-20,22,24,26H,1,9-10,14,16-18H2,2-5H3,(H,34,41)(H,35,38)(H,36,40)/t19-,20?,24+,26-,32-/m1/s1. The van der Waals surface area contributed by atoms with Crippen molar-refractivity contribution in [1.29, 1.82) is 0 Å². The predicted octanol–water partition coefficient (Wildman–Crippen LogP) is 2.85. The number of pyridine rings is 1. The number of carbonyl (C=O) groups excluding carboxylic acids is 4. The molecule has 2 aromatic heterocycles. The Hall–Kier alpha value is -3.98. The van der Waals surface area contributed by atoms with Crippen LogP contribution in [0, 0.1) is 17.3 Å². The molecule has 1 saturated heterocycles. The van der Waals surface area contributed by atoms with Crippen LogP contribution in [0.3, 0.4) is 0 Å². The van der Waals surface area contributed by atoms with E-state index in [1.807, 2.05) is 23.6 Å². The molecule has 254 valence electrons. The molecular weight excluding hydrogens is 647 g/mol. The monoisotopic (exact) mass is 687 g/mol. The van der Waals surface area contributed by atoms with Crippen LogP contribution < -0.4 is 20.1 Å². The SMILES string of the molecule is C=CC1C[C@]1(NC(=O)[C@@H]1C[C@@H](COc2ccnc(-c3cccs3)c2)CN1C(=O)[C@@H](NC(=O)OC)C(C)(C)C)C(=O)NS(=O)(=O)C1CC1. The predicted molar refractivity (Wildman–Crippen MR) is 175 cm³/mol. The lowest BCUT2D eigenvalue weighted by Crippen LogP contribution is -2.60. The molecule has 13 nitrogen and oxygen atoms in total. The molecule has 5 atom stereocenters. The molecular formula is C32H41N5O8S2. The van der Waals surface area contributed by atoms with Crippen LogP contribution in [0.15, 0.2) is 48.5 Å². The number of carbonyl (C=O) groups is 4. The Morgan fingerprint density at radius 3 is 2.57 bits per heavy atom. The van der Waals surface area contributed by atoms with E-state index >= 15 is 0 Å². The van der Waals surface area contributed by atoms with Crippen molar-refractivity contribution < 1.29 is 37.1 Å². The number of likely N-dealkylation sites (tertiary alicyclic amines) is 1. The number of alkyl carbamates (subject to hydrolysis) is 1. The molecule has 0 radical (unpaired) electrons. The topological polar surface area (TPSA) is 173 Å². The van der Waals surface area contributed by atoms with E-state index < -0.39 is 68.0 Å². The normalized spacial score (nSPS) is 24.5. The van der Waals surface area contributed by atoms with Gasteiger partial charge in [0.25, 0.3) is 5.91 Å². The molecule has 5 rings (SSSR count). The molecule has 1 aliphatic heterocycles. The van der Waals surface area contributed by atoms with Gasteiger partial charge in [0.1, 0.15) is 23.4 Å². The van der Waals surface area contributed by atoms with E-state index in [0.29, 0.717) is 18.6 Å². The van der Waals surface area contributed by atoms with Gasteiger partial charge in [-0.2, -0.15) is 0 Å². The quantitative estimate of drug-likeness (QED) is 0.284. The van der Waals surface area contributed by atoms with Crippen LogP contribution in [0.4, 0.5) is 4.79 Å². The summed E-state index contributed by atoms with van der Waals surface area (Å²) < 4.78 is 38.2. The first-order valence-electron chi connectivity index (χ1n) is 15.5. The summed E-state index contributed by atoms with van der Waals surface area (Å²) in [6.07, 6.45) is 3.68. The van der Waals surface area contributed by atoms with E-state index in [4.69, 9.17) is 9.47 Å². The number of ether oxygens (including phenoxy) is 2. The molecule has 0 bridgehead atoms. The third kappa shape index (κ3) is 7.61. The van der Waals surface area contributed by atoms with Crippen LogP contribution in [-0.4, -0.2) is 85.3 Å². The van der Waals surface area contributed by atoms with Crippen molar-refractivity contribution in [3.63, 3.8) is 0 Å². The van der Waals surface area contributed by atoms with Crippen molar-refractivity contribution in [3.8, 4) is 16.3 Å². The van der Waals surface area contributed by atoms with Crippen molar-refractivity contribution >= 4 is 45.2 Å². The molecule has 2 saturated carbocycles. The molecule has 0 aromatic carbocycles. The maximum Gasteiger partial charge on any atom is 0.407 e. The Kier molecular flexibility index (Phi) is 9.69. The average molecular weight is 688 g/mol. The van der Waals surface area contributed by atoms with Gasteiger partial charge < -0.3 is 25.0 Å². The fourth-order valence-electron chi connectivity index (χ4n) is 5.82. The smallest absolute Gasteiger partial charge is 0.407 e. The number of hydrogen-bond donors (Lipinski definition) is 3. The minimum Gasteiger partial charge on any atom is -0.493 e. The Balaban J connectivity index is 1.36. The number of methoxy groups -OCH3 is 1. The molecule has 0 spiro atoms. The second kappa shape index (κ2) is 13.3. The largest absolute Gasteiger partial charge is 0.493 e. The third-order valence-corrected chi connectivity index (χ3v) is 11.5. The number of nitrogens with zero attached hydrogens (tertiary/aromatic N) is 2. The molecule has 3 aliphatic rings. The van der Waals surface area contributed by atoms with Gasteiger partial charge in [-0.25, -0.2) is 13.2 Å². The number of nitrogens with one attached hydrogen (secondary N) is 3. The van der Waals surface area contributed by atoms with Gasteiger partial charge in [-0.1, -0.05) is 32.9 Å². The van der Waals surface area contributed by atoms with Gasteiger partial charge in [0.2, 0.25) is 21.8 Å². The van der Waals surface area contributed by atoms with Gasteiger partial charge in [0.15, 0.2) is 0 Å². The number of hydrogen-bond acceptors (Lipinski definition) is 10. The zero-order chi connectivity index (χ0) is 34.1. The highest BCUT2D eigenvalue weighted by molar-refractivity contribution is 7.91. The summed E-state index contributed by atoms with van der Waals surface area (Å²) in [4.78, 5) is 60.5. The van der Waals surface area contributed by atoms with Crippen LogP contribution in [0.2, 0.25) is 0 Å². The van der Waals surface area contributed by atoms with Crippen LogP contribution in [0.5, 0.6) is 5.75 Å². The third-order valence-electron chi connectivity index (χ3n) is 8.77. The van der Waals surface area contributed by atoms with E-state index in [2.05, 4.69) is 26.9 Å².